The molecule has 0 radical (unpaired) electrons. The molecule has 0 saturated carbocycles. The van der Waals surface area contributed by atoms with Crippen LogP contribution in [0.2, 0.25) is 0 Å². The second-order valence-electron chi connectivity index (χ2n) is 5.27. The van der Waals surface area contributed by atoms with E-state index in [9.17, 15) is 23.3 Å². The van der Waals surface area contributed by atoms with Crippen LogP contribution in [-0.2, 0) is 21.4 Å². The van der Waals surface area contributed by atoms with Gasteiger partial charge in [0.2, 0.25) is 15.3 Å². The molecule has 0 bridgehead atoms. The van der Waals surface area contributed by atoms with Gasteiger partial charge in [0.15, 0.2) is 0 Å². The van der Waals surface area contributed by atoms with Crippen molar-refractivity contribution in [3.8, 4) is 0 Å². The maximum atomic E-state index is 12.9. The second-order valence-corrected chi connectivity index (χ2v) is 7.53. The molecule has 0 aromatic heterocycles. The number of nitro benzene ring substituents is 1. The summed E-state index contributed by atoms with van der Waals surface area (Å²) < 4.78 is 26.8. The van der Waals surface area contributed by atoms with Crippen LogP contribution in [0.4, 0.5) is 5.69 Å². The van der Waals surface area contributed by atoms with Gasteiger partial charge in [-0.2, -0.15) is 4.31 Å². The Labute approximate surface area is 150 Å². The number of hydrogen-bond acceptors (Lipinski definition) is 5. The molecule has 1 atom stereocenters. The van der Waals surface area contributed by atoms with E-state index >= 15 is 0 Å². The third-order valence-corrected chi connectivity index (χ3v) is 5.80. The average Bonchev–Trinajstić information content (AvgIpc) is 2.59. The zero-order valence-corrected chi connectivity index (χ0v) is 14.8. The van der Waals surface area contributed by atoms with Crippen molar-refractivity contribution < 1.29 is 18.1 Å². The van der Waals surface area contributed by atoms with Crippen molar-refractivity contribution in [2.24, 2.45) is 0 Å². The van der Waals surface area contributed by atoms with Gasteiger partial charge in [0, 0.05) is 18.7 Å². The van der Waals surface area contributed by atoms with Crippen LogP contribution in [0.1, 0.15) is 12.5 Å². The standard InChI is InChI=1S/C16H15ClN2O5S/c1-12(16(17)20)18(11-13-6-3-2-4-7-13)25(23,24)15-9-5-8-14(10-15)19(21)22/h2-10,12H,11H2,1H3. The first kappa shape index (κ1) is 19.0. The molecular formula is C16H15ClN2O5S. The fourth-order valence-corrected chi connectivity index (χ4v) is 4.00. The van der Waals surface area contributed by atoms with Crippen molar-refractivity contribution in [2.45, 2.75) is 24.4 Å². The van der Waals surface area contributed by atoms with Crippen molar-refractivity contribution in [1.82, 2.24) is 4.31 Å². The first-order valence-corrected chi connectivity index (χ1v) is 9.05. The Hall–Kier alpha value is -2.29. The quantitative estimate of drug-likeness (QED) is 0.416. The molecule has 132 valence electrons. The number of sulfonamides is 1. The molecule has 0 N–H and O–H groups in total. The van der Waals surface area contributed by atoms with Crippen molar-refractivity contribution in [1.29, 1.82) is 0 Å². The van der Waals surface area contributed by atoms with Gasteiger partial charge in [-0.25, -0.2) is 8.42 Å². The van der Waals surface area contributed by atoms with Crippen LogP contribution < -0.4 is 0 Å². The number of nitro groups is 1. The smallest absolute Gasteiger partial charge is 0.270 e. The van der Waals surface area contributed by atoms with E-state index in [0.29, 0.717) is 5.56 Å². The van der Waals surface area contributed by atoms with E-state index in [4.69, 9.17) is 11.6 Å². The molecule has 2 rings (SSSR count). The van der Waals surface area contributed by atoms with E-state index in [0.717, 1.165) is 10.4 Å². The predicted octanol–water partition coefficient (Wildman–Crippen LogP) is 2.94. The van der Waals surface area contributed by atoms with Crippen LogP contribution in [0.15, 0.2) is 59.5 Å². The van der Waals surface area contributed by atoms with Crippen molar-refractivity contribution >= 4 is 32.6 Å². The van der Waals surface area contributed by atoms with E-state index in [-0.39, 0.29) is 17.1 Å². The van der Waals surface area contributed by atoms with Gasteiger partial charge in [0.05, 0.1) is 15.9 Å². The number of carbonyl (C=O) groups is 1. The summed E-state index contributed by atoms with van der Waals surface area (Å²) in [5.41, 5.74) is 0.298. The number of nitrogens with zero attached hydrogens (tertiary/aromatic N) is 2. The normalized spacial score (nSPS) is 12.8. The summed E-state index contributed by atoms with van der Waals surface area (Å²) in [6, 6.07) is 12.2. The summed E-state index contributed by atoms with van der Waals surface area (Å²) in [5.74, 6) is 0. The van der Waals surface area contributed by atoms with Crippen molar-refractivity contribution in [3.63, 3.8) is 0 Å². The molecule has 0 aliphatic heterocycles. The number of halogens is 1. The molecular weight excluding hydrogens is 368 g/mol. The SMILES string of the molecule is CC(C(=O)Cl)N(Cc1ccccc1)S(=O)(=O)c1cccc([N+](=O)[O-])c1. The van der Waals surface area contributed by atoms with Crippen LogP contribution in [0.3, 0.4) is 0 Å². The molecule has 0 spiro atoms. The third kappa shape index (κ3) is 4.41. The highest BCUT2D eigenvalue weighted by Gasteiger charge is 2.33. The highest BCUT2D eigenvalue weighted by atomic mass is 35.5. The summed E-state index contributed by atoms with van der Waals surface area (Å²) in [6.45, 7) is 1.28. The maximum absolute atomic E-state index is 12.9. The van der Waals surface area contributed by atoms with Gasteiger partial charge in [-0.3, -0.25) is 14.9 Å². The van der Waals surface area contributed by atoms with E-state index in [1.807, 2.05) is 0 Å². The largest absolute Gasteiger partial charge is 0.279 e. The second kappa shape index (κ2) is 7.73. The Balaban J connectivity index is 2.49. The molecule has 7 nitrogen and oxygen atoms in total. The fraction of sp³-hybridized carbons (Fsp3) is 0.188. The highest BCUT2D eigenvalue weighted by Crippen LogP contribution is 2.25. The van der Waals surface area contributed by atoms with E-state index < -0.39 is 26.2 Å². The number of hydrogen-bond donors (Lipinski definition) is 0. The van der Waals surface area contributed by atoms with Crippen molar-refractivity contribution in [3.05, 3.63) is 70.3 Å². The van der Waals surface area contributed by atoms with Crippen LogP contribution in [0.5, 0.6) is 0 Å². The third-order valence-electron chi connectivity index (χ3n) is 3.58. The zero-order valence-electron chi connectivity index (χ0n) is 13.2. The predicted molar refractivity (Wildman–Crippen MR) is 92.6 cm³/mol. The minimum atomic E-state index is -4.18. The van der Waals surface area contributed by atoms with Gasteiger partial charge in [-0.05, 0) is 30.2 Å². The fourth-order valence-electron chi connectivity index (χ4n) is 2.20. The minimum absolute atomic E-state index is 0.0918. The maximum Gasteiger partial charge on any atom is 0.270 e. The van der Waals surface area contributed by atoms with Gasteiger partial charge in [-0.1, -0.05) is 36.4 Å². The number of non-ortho nitro benzene ring substituents is 1. The summed E-state index contributed by atoms with van der Waals surface area (Å²) >= 11 is 5.51. The molecule has 0 fully saturated rings. The van der Waals surface area contributed by atoms with Gasteiger partial charge >= 0.3 is 0 Å². The lowest BCUT2D eigenvalue weighted by Gasteiger charge is -2.26. The number of carbonyl (C=O) groups excluding carboxylic acids is 1. The average molecular weight is 383 g/mol. The van der Waals surface area contributed by atoms with Crippen LogP contribution in [-0.4, -0.2) is 28.9 Å². The number of rotatable bonds is 7. The summed E-state index contributed by atoms with van der Waals surface area (Å²) in [4.78, 5) is 21.5. The van der Waals surface area contributed by atoms with E-state index in [1.54, 1.807) is 30.3 Å². The topological polar surface area (TPSA) is 97.6 Å². The molecule has 0 amide bonds. The zero-order chi connectivity index (χ0) is 18.6. The Morgan fingerprint density at radius 1 is 1.20 bits per heavy atom. The van der Waals surface area contributed by atoms with Gasteiger partial charge < -0.3 is 0 Å². The van der Waals surface area contributed by atoms with E-state index in [1.165, 1.54) is 25.1 Å². The van der Waals surface area contributed by atoms with E-state index in [2.05, 4.69) is 0 Å². The Kier molecular flexibility index (Phi) is 5.89. The highest BCUT2D eigenvalue weighted by molar-refractivity contribution is 7.89. The molecule has 0 aliphatic rings. The molecule has 9 heteroatoms. The Morgan fingerprint density at radius 2 is 1.84 bits per heavy atom. The monoisotopic (exact) mass is 382 g/mol. The summed E-state index contributed by atoms with van der Waals surface area (Å²) in [5, 5.41) is 10.1. The molecule has 25 heavy (non-hydrogen) atoms. The number of benzene rings is 2. The van der Waals surface area contributed by atoms with Gasteiger partial charge in [-0.15, -0.1) is 0 Å². The first-order valence-electron chi connectivity index (χ1n) is 7.23. The molecule has 2 aromatic rings. The van der Waals surface area contributed by atoms with Gasteiger partial charge in [0.1, 0.15) is 0 Å². The molecule has 0 saturated heterocycles. The molecule has 0 heterocycles. The first-order chi connectivity index (χ1) is 11.7. The minimum Gasteiger partial charge on any atom is -0.279 e. The van der Waals surface area contributed by atoms with Crippen molar-refractivity contribution in [2.75, 3.05) is 0 Å². The molecule has 1 unspecified atom stereocenters. The molecule has 2 aromatic carbocycles. The summed E-state index contributed by atoms with van der Waals surface area (Å²) in [6.07, 6.45) is 0. The Bertz CT molecular complexity index is 886. The van der Waals surface area contributed by atoms with Crippen LogP contribution in [0.25, 0.3) is 0 Å². The lowest BCUT2D eigenvalue weighted by Crippen LogP contribution is -2.41. The molecule has 0 aliphatic carbocycles. The lowest BCUT2D eigenvalue weighted by molar-refractivity contribution is -0.385. The van der Waals surface area contributed by atoms with Gasteiger partial charge in [0.25, 0.3) is 5.69 Å². The van der Waals surface area contributed by atoms with Crippen LogP contribution in [0, 0.1) is 10.1 Å². The lowest BCUT2D eigenvalue weighted by atomic mass is 10.2. The van der Waals surface area contributed by atoms with Crippen LogP contribution >= 0.6 is 11.6 Å². The Morgan fingerprint density at radius 3 is 2.40 bits per heavy atom. The summed E-state index contributed by atoms with van der Waals surface area (Å²) in [7, 11) is -4.18.